The summed E-state index contributed by atoms with van der Waals surface area (Å²) >= 11 is 1.57. The average Bonchev–Trinajstić information content (AvgIpc) is 3.38. The number of carbonyl (C=O) groups excluding carboxylic acids is 2. The summed E-state index contributed by atoms with van der Waals surface area (Å²) in [6, 6.07) is 22.2. The number of urea groups is 1. The van der Waals surface area contributed by atoms with Crippen LogP contribution in [0.1, 0.15) is 16.0 Å². The molecule has 0 saturated carbocycles. The lowest BCUT2D eigenvalue weighted by Crippen LogP contribution is -2.46. The van der Waals surface area contributed by atoms with Crippen LogP contribution in [0.5, 0.6) is 0 Å². The predicted octanol–water partition coefficient (Wildman–Crippen LogP) is 3.32. The second-order valence-electron chi connectivity index (χ2n) is 7.53. The lowest BCUT2D eigenvalue weighted by molar-refractivity contribution is -0.133. The van der Waals surface area contributed by atoms with Crippen molar-refractivity contribution in [1.29, 1.82) is 0 Å². The van der Waals surface area contributed by atoms with Gasteiger partial charge in [0.05, 0.1) is 25.9 Å². The van der Waals surface area contributed by atoms with Crippen LogP contribution in [-0.2, 0) is 28.1 Å². The van der Waals surface area contributed by atoms with Gasteiger partial charge in [-0.3, -0.25) is 9.69 Å². The molecule has 0 radical (unpaired) electrons. The van der Waals surface area contributed by atoms with Gasteiger partial charge in [-0.2, -0.15) is 0 Å². The number of nitrogens with zero attached hydrogens (tertiary/aromatic N) is 1. The molecule has 3 aromatic rings. The predicted molar refractivity (Wildman–Crippen MR) is 118 cm³/mol. The Labute approximate surface area is 185 Å². The third-order valence-corrected chi connectivity index (χ3v) is 6.13. The number of aliphatic hydroxyl groups excluding tert-OH is 1. The summed E-state index contributed by atoms with van der Waals surface area (Å²) in [5.41, 5.74) is 0.432. The molecule has 1 aliphatic rings. The molecule has 1 aromatic heterocycles. The largest absolute Gasteiger partial charge is 0.389 e. The van der Waals surface area contributed by atoms with Crippen molar-refractivity contribution in [1.82, 2.24) is 10.2 Å². The molecule has 1 aliphatic heterocycles. The van der Waals surface area contributed by atoms with Crippen molar-refractivity contribution in [3.8, 4) is 0 Å². The van der Waals surface area contributed by atoms with Crippen molar-refractivity contribution < 1.29 is 19.4 Å². The van der Waals surface area contributed by atoms with Crippen LogP contribution in [-0.4, -0.2) is 41.2 Å². The number of nitrogens with one attached hydrogen (secondary N) is 1. The van der Waals surface area contributed by atoms with Gasteiger partial charge in [0.1, 0.15) is 0 Å². The van der Waals surface area contributed by atoms with Gasteiger partial charge in [-0.1, -0.05) is 66.7 Å². The van der Waals surface area contributed by atoms with E-state index in [-0.39, 0.29) is 19.1 Å². The SMILES string of the molecule is O=C1N[C@](Cc2ccccc2)(c2ccccc2)C(=O)N1C[C@H](O)COCc1cccs1. The summed E-state index contributed by atoms with van der Waals surface area (Å²) < 4.78 is 5.54. The number of rotatable bonds is 9. The van der Waals surface area contributed by atoms with Crippen LogP contribution in [0.4, 0.5) is 4.79 Å². The molecule has 2 N–H and O–H groups in total. The highest BCUT2D eigenvalue weighted by atomic mass is 32.1. The fourth-order valence-corrected chi connectivity index (χ4v) is 4.43. The van der Waals surface area contributed by atoms with E-state index in [1.807, 2.05) is 78.2 Å². The van der Waals surface area contributed by atoms with Gasteiger partial charge in [-0.15, -0.1) is 11.3 Å². The van der Waals surface area contributed by atoms with Crippen molar-refractivity contribution in [3.05, 3.63) is 94.2 Å². The lowest BCUT2D eigenvalue weighted by Gasteiger charge is -2.28. The zero-order chi connectivity index (χ0) is 21.7. The summed E-state index contributed by atoms with van der Waals surface area (Å²) in [7, 11) is 0. The fraction of sp³-hybridized carbons (Fsp3) is 0.250. The van der Waals surface area contributed by atoms with Gasteiger partial charge in [0, 0.05) is 11.3 Å². The van der Waals surface area contributed by atoms with E-state index in [1.54, 1.807) is 11.3 Å². The minimum absolute atomic E-state index is 0.0337. The Hall–Kier alpha value is -3.00. The maximum Gasteiger partial charge on any atom is 0.325 e. The number of hydrogen-bond donors (Lipinski definition) is 2. The fourth-order valence-electron chi connectivity index (χ4n) is 3.79. The summed E-state index contributed by atoms with van der Waals surface area (Å²) in [4.78, 5) is 28.5. The highest BCUT2D eigenvalue weighted by molar-refractivity contribution is 7.09. The standard InChI is InChI=1S/C24H24N2O4S/c27-20(16-30-17-21-12-7-13-31-21)15-26-22(28)24(25-23(26)29,19-10-5-2-6-11-19)14-18-8-3-1-4-9-18/h1-13,20,27H,14-17H2,(H,25,29)/t20-,24+/m0/s1. The monoisotopic (exact) mass is 436 g/mol. The maximum absolute atomic E-state index is 13.5. The molecule has 0 unspecified atom stereocenters. The van der Waals surface area contributed by atoms with Crippen LogP contribution in [0.3, 0.4) is 0 Å². The summed E-state index contributed by atoms with van der Waals surface area (Å²) in [6.07, 6.45) is -0.651. The van der Waals surface area contributed by atoms with Crippen LogP contribution in [0.25, 0.3) is 0 Å². The number of aliphatic hydroxyl groups is 1. The minimum atomic E-state index is -1.21. The van der Waals surface area contributed by atoms with Gasteiger partial charge in [0.2, 0.25) is 0 Å². The molecule has 3 amide bonds. The third kappa shape index (κ3) is 4.69. The first-order chi connectivity index (χ1) is 15.1. The molecule has 0 aliphatic carbocycles. The molecule has 7 heteroatoms. The first-order valence-corrected chi connectivity index (χ1v) is 11.0. The average molecular weight is 437 g/mol. The minimum Gasteiger partial charge on any atom is -0.389 e. The maximum atomic E-state index is 13.5. The van der Waals surface area contributed by atoms with E-state index >= 15 is 0 Å². The number of hydrogen-bond acceptors (Lipinski definition) is 5. The molecule has 31 heavy (non-hydrogen) atoms. The first-order valence-electron chi connectivity index (χ1n) is 10.1. The molecular formula is C24H24N2O4S. The van der Waals surface area contributed by atoms with E-state index in [0.717, 1.165) is 15.3 Å². The first kappa shape index (κ1) is 21.2. The number of thiophene rings is 1. The number of amides is 3. The van der Waals surface area contributed by atoms with Gasteiger partial charge >= 0.3 is 6.03 Å². The number of β-amino-alcohol motifs (C(OH)–C–C–N with tert-alkyl or cyclic N) is 1. The molecule has 2 heterocycles. The molecule has 1 saturated heterocycles. The second-order valence-corrected chi connectivity index (χ2v) is 8.56. The highest BCUT2D eigenvalue weighted by Gasteiger charge is 2.52. The summed E-state index contributed by atoms with van der Waals surface area (Å²) in [5, 5.41) is 15.3. The van der Waals surface area contributed by atoms with Crippen LogP contribution in [0, 0.1) is 0 Å². The Morgan fingerprint density at radius 1 is 1.00 bits per heavy atom. The van der Waals surface area contributed by atoms with Gasteiger partial charge in [-0.05, 0) is 22.6 Å². The Bertz CT molecular complexity index is 1010. The molecule has 2 aromatic carbocycles. The lowest BCUT2D eigenvalue weighted by atomic mass is 9.83. The zero-order valence-corrected chi connectivity index (χ0v) is 17.8. The smallest absolute Gasteiger partial charge is 0.325 e. The van der Waals surface area contributed by atoms with Crippen LogP contribution in [0.2, 0.25) is 0 Å². The van der Waals surface area contributed by atoms with Crippen molar-refractivity contribution in [2.24, 2.45) is 0 Å². The van der Waals surface area contributed by atoms with Gasteiger partial charge in [-0.25, -0.2) is 4.79 Å². The molecule has 1 fully saturated rings. The quantitative estimate of drug-likeness (QED) is 0.505. The number of imide groups is 1. The molecule has 6 nitrogen and oxygen atoms in total. The van der Waals surface area contributed by atoms with E-state index in [9.17, 15) is 14.7 Å². The second kappa shape index (κ2) is 9.43. The highest BCUT2D eigenvalue weighted by Crippen LogP contribution is 2.33. The van der Waals surface area contributed by atoms with E-state index in [4.69, 9.17) is 4.74 Å². The summed E-state index contributed by atoms with van der Waals surface area (Å²) in [5.74, 6) is -0.371. The Kier molecular flexibility index (Phi) is 6.46. The van der Waals surface area contributed by atoms with E-state index < -0.39 is 17.7 Å². The van der Waals surface area contributed by atoms with Gasteiger partial charge in [0.15, 0.2) is 5.54 Å². The van der Waals surface area contributed by atoms with Crippen molar-refractivity contribution in [3.63, 3.8) is 0 Å². The molecule has 160 valence electrons. The van der Waals surface area contributed by atoms with Crippen LogP contribution in [0.15, 0.2) is 78.2 Å². The number of ether oxygens (including phenoxy) is 1. The van der Waals surface area contributed by atoms with E-state index in [0.29, 0.717) is 18.6 Å². The third-order valence-electron chi connectivity index (χ3n) is 5.28. The molecular weight excluding hydrogens is 412 g/mol. The normalized spacial score (nSPS) is 19.5. The topological polar surface area (TPSA) is 78.9 Å². The zero-order valence-electron chi connectivity index (χ0n) is 16.9. The Balaban J connectivity index is 1.50. The van der Waals surface area contributed by atoms with Gasteiger partial charge < -0.3 is 15.2 Å². The van der Waals surface area contributed by atoms with E-state index in [1.165, 1.54) is 0 Å². The van der Waals surface area contributed by atoms with Gasteiger partial charge in [0.25, 0.3) is 5.91 Å². The summed E-state index contributed by atoms with van der Waals surface area (Å²) in [6.45, 7) is 0.293. The van der Waals surface area contributed by atoms with E-state index in [2.05, 4.69) is 5.32 Å². The number of benzene rings is 2. The molecule has 0 bridgehead atoms. The van der Waals surface area contributed by atoms with Crippen molar-refractivity contribution in [2.75, 3.05) is 13.2 Å². The number of carbonyl (C=O) groups is 2. The van der Waals surface area contributed by atoms with Crippen LogP contribution >= 0.6 is 11.3 Å². The van der Waals surface area contributed by atoms with Crippen LogP contribution < -0.4 is 5.32 Å². The Morgan fingerprint density at radius 3 is 2.39 bits per heavy atom. The Morgan fingerprint density at radius 2 is 1.71 bits per heavy atom. The molecule has 0 spiro atoms. The molecule has 4 rings (SSSR count). The van der Waals surface area contributed by atoms with Crippen molar-refractivity contribution in [2.45, 2.75) is 24.7 Å². The van der Waals surface area contributed by atoms with Crippen molar-refractivity contribution >= 4 is 23.3 Å². The molecule has 2 atom stereocenters.